The Morgan fingerprint density at radius 3 is 2.36 bits per heavy atom. The summed E-state index contributed by atoms with van der Waals surface area (Å²) in [5.41, 5.74) is 6.52. The molecule has 4 aromatic carbocycles. The van der Waals surface area contributed by atoms with Crippen molar-refractivity contribution in [1.82, 2.24) is 19.3 Å². The molecule has 0 aliphatic carbocycles. The van der Waals surface area contributed by atoms with E-state index in [1.807, 2.05) is 47.3 Å². The van der Waals surface area contributed by atoms with Gasteiger partial charge in [0.05, 0.1) is 22.4 Å². The molecule has 0 bridgehead atoms. The van der Waals surface area contributed by atoms with Crippen LogP contribution in [0.1, 0.15) is 37.7 Å². The van der Waals surface area contributed by atoms with Gasteiger partial charge < -0.3 is 4.74 Å². The minimum absolute atomic E-state index is 0.00833. The molecule has 4 aromatic heterocycles. The lowest BCUT2D eigenvalue weighted by Gasteiger charge is -2.20. The third-order valence-electron chi connectivity index (χ3n) is 8.39. The maximum absolute atomic E-state index is 6.53. The summed E-state index contributed by atoms with van der Waals surface area (Å²) in [5, 5.41) is 9.57. The normalized spacial score (nSPS) is 12.2. The quantitative estimate of drug-likeness (QED) is 0.204. The Bertz CT molecular complexity index is 2380. The van der Waals surface area contributed by atoms with Crippen LogP contribution in [0.3, 0.4) is 0 Å². The molecule has 6 heteroatoms. The molecular formula is C38H32N4OS. The van der Waals surface area contributed by atoms with E-state index in [-0.39, 0.29) is 5.41 Å². The van der Waals surface area contributed by atoms with Crippen LogP contribution in [0.4, 0.5) is 0 Å². The minimum atomic E-state index is -0.00833. The predicted octanol–water partition coefficient (Wildman–Crippen LogP) is 10.4. The third-order valence-corrected chi connectivity index (χ3v) is 9.52. The van der Waals surface area contributed by atoms with E-state index in [1.54, 1.807) is 0 Å². The number of rotatable bonds is 4. The van der Waals surface area contributed by atoms with Gasteiger partial charge in [-0.2, -0.15) is 5.10 Å². The summed E-state index contributed by atoms with van der Waals surface area (Å²) in [6.07, 6.45) is 1.93. The van der Waals surface area contributed by atoms with Crippen molar-refractivity contribution in [3.63, 3.8) is 0 Å². The number of hydrogen-bond donors (Lipinski definition) is 0. The molecule has 0 aliphatic rings. The van der Waals surface area contributed by atoms with Crippen molar-refractivity contribution in [3.8, 4) is 23.0 Å². The number of ether oxygens (including phenoxy) is 1. The fourth-order valence-corrected chi connectivity index (χ4v) is 7.42. The second kappa shape index (κ2) is 9.79. The Morgan fingerprint density at radius 1 is 0.727 bits per heavy atom. The van der Waals surface area contributed by atoms with Crippen LogP contribution in [0.2, 0.25) is 0 Å². The van der Waals surface area contributed by atoms with Crippen LogP contribution in [0.25, 0.3) is 53.5 Å². The van der Waals surface area contributed by atoms with Gasteiger partial charge in [0, 0.05) is 55.0 Å². The summed E-state index contributed by atoms with van der Waals surface area (Å²) in [6, 6.07) is 34.1. The zero-order valence-corrected chi connectivity index (χ0v) is 26.2. The molecule has 0 saturated heterocycles. The van der Waals surface area contributed by atoms with Crippen LogP contribution in [0.5, 0.6) is 11.5 Å². The van der Waals surface area contributed by atoms with Gasteiger partial charge in [-0.3, -0.25) is 4.57 Å². The van der Waals surface area contributed by atoms with E-state index in [4.69, 9.17) is 9.72 Å². The van der Waals surface area contributed by atoms with E-state index in [1.165, 1.54) is 42.0 Å². The summed E-state index contributed by atoms with van der Waals surface area (Å²) >= 11 is 1.84. The number of nitrogens with zero attached hydrogens (tertiary/aromatic N) is 4. The highest BCUT2D eigenvalue weighted by Crippen LogP contribution is 2.44. The molecule has 8 aromatic rings. The van der Waals surface area contributed by atoms with Crippen LogP contribution < -0.4 is 4.74 Å². The van der Waals surface area contributed by atoms with Gasteiger partial charge in [0.2, 0.25) is 0 Å². The smallest absolute Gasteiger partial charge is 0.137 e. The molecule has 0 radical (unpaired) electrons. The molecule has 0 atom stereocenters. The van der Waals surface area contributed by atoms with Gasteiger partial charge in [0.25, 0.3) is 0 Å². The van der Waals surface area contributed by atoms with E-state index in [9.17, 15) is 0 Å². The van der Waals surface area contributed by atoms with Crippen LogP contribution in [-0.4, -0.2) is 19.3 Å². The van der Waals surface area contributed by atoms with Crippen molar-refractivity contribution < 1.29 is 4.74 Å². The zero-order chi connectivity index (χ0) is 30.2. The molecule has 0 unspecified atom stereocenters. The minimum Gasteiger partial charge on any atom is -0.457 e. The Kier molecular flexibility index (Phi) is 5.94. The molecule has 0 spiro atoms. The number of benzene rings is 4. The lowest BCUT2D eigenvalue weighted by atomic mass is 9.88. The van der Waals surface area contributed by atoms with Crippen molar-refractivity contribution in [1.29, 1.82) is 0 Å². The first-order valence-corrected chi connectivity index (χ1v) is 15.7. The molecule has 8 rings (SSSR count). The van der Waals surface area contributed by atoms with Crippen molar-refractivity contribution in [2.75, 3.05) is 0 Å². The van der Waals surface area contributed by atoms with E-state index in [0.717, 1.165) is 39.9 Å². The molecule has 216 valence electrons. The van der Waals surface area contributed by atoms with Gasteiger partial charge in [-0.15, -0.1) is 11.3 Å². The summed E-state index contributed by atoms with van der Waals surface area (Å²) in [4.78, 5) is 4.95. The Morgan fingerprint density at radius 2 is 1.55 bits per heavy atom. The fourth-order valence-electron chi connectivity index (χ4n) is 6.31. The molecule has 5 nitrogen and oxygen atoms in total. The van der Waals surface area contributed by atoms with Gasteiger partial charge in [-0.25, -0.2) is 9.67 Å². The summed E-state index contributed by atoms with van der Waals surface area (Å²) in [6.45, 7) is 10.8. The maximum Gasteiger partial charge on any atom is 0.137 e. The van der Waals surface area contributed by atoms with Crippen LogP contribution in [0.15, 0.2) is 103 Å². The number of thiophene rings is 1. The molecule has 0 N–H and O–H groups in total. The van der Waals surface area contributed by atoms with Crippen molar-refractivity contribution in [2.45, 2.75) is 40.0 Å². The third kappa shape index (κ3) is 4.28. The fraction of sp³-hybridized carbons (Fsp3) is 0.158. The van der Waals surface area contributed by atoms with Crippen LogP contribution in [-0.2, 0) is 5.41 Å². The van der Waals surface area contributed by atoms with Gasteiger partial charge in [-0.1, -0.05) is 51.1 Å². The Labute approximate surface area is 260 Å². The van der Waals surface area contributed by atoms with Gasteiger partial charge in [-0.05, 0) is 79.4 Å². The zero-order valence-electron chi connectivity index (χ0n) is 25.4. The number of aromatic nitrogens is 4. The number of fused-ring (bicyclic) bond motifs is 7. The first-order chi connectivity index (χ1) is 21.2. The van der Waals surface area contributed by atoms with E-state index in [2.05, 4.69) is 116 Å². The molecule has 0 amide bonds. The molecule has 4 heterocycles. The molecule has 0 saturated carbocycles. The summed E-state index contributed by atoms with van der Waals surface area (Å²) < 4.78 is 13.4. The highest BCUT2D eigenvalue weighted by Gasteiger charge is 2.21. The summed E-state index contributed by atoms with van der Waals surface area (Å²) in [5.74, 6) is 2.44. The van der Waals surface area contributed by atoms with E-state index in [0.29, 0.717) is 0 Å². The van der Waals surface area contributed by atoms with Gasteiger partial charge in [0.15, 0.2) is 0 Å². The highest BCUT2D eigenvalue weighted by atomic mass is 32.1. The first kappa shape index (κ1) is 26.7. The van der Waals surface area contributed by atoms with E-state index >= 15 is 0 Å². The van der Waals surface area contributed by atoms with E-state index < -0.39 is 0 Å². The lowest BCUT2D eigenvalue weighted by molar-refractivity contribution is 0.482. The number of hydrogen-bond acceptors (Lipinski definition) is 4. The maximum atomic E-state index is 6.53. The number of aryl methyl sites for hydroxylation is 2. The number of pyridine rings is 1. The summed E-state index contributed by atoms with van der Waals surface area (Å²) in [7, 11) is 0. The molecule has 0 fully saturated rings. The topological polar surface area (TPSA) is 44.9 Å². The molecule has 0 aliphatic heterocycles. The SMILES string of the molecule is Cc1cc(C)n(-c2cccc(Oc3ccc4c5ccc6sc7ccccc7c6c5n(-c5cc(C(C)(C)C)ccn5)c4c3)c2)n1. The van der Waals surface area contributed by atoms with Crippen LogP contribution in [0, 0.1) is 13.8 Å². The average molecular weight is 593 g/mol. The standard InChI is InChI=1S/C38H32N4OS/c1-23-19-24(2)42(40-23)26-9-8-10-27(21-26)43-28-13-14-29-30-15-16-34-36(31-11-6-7-12-33(31)44-34)37(30)41(32(29)22-28)35-20-25(17-18-39-35)38(3,4)5/h6-22H,1-5H3. The lowest BCUT2D eigenvalue weighted by Crippen LogP contribution is -2.12. The van der Waals surface area contributed by atoms with Crippen LogP contribution >= 0.6 is 11.3 Å². The molecular weight excluding hydrogens is 561 g/mol. The Balaban J connectivity index is 1.36. The largest absolute Gasteiger partial charge is 0.457 e. The van der Waals surface area contributed by atoms with Gasteiger partial charge >= 0.3 is 0 Å². The predicted molar refractivity (Wildman–Crippen MR) is 183 cm³/mol. The average Bonchev–Trinajstić information content (AvgIpc) is 3.66. The van der Waals surface area contributed by atoms with Crippen molar-refractivity contribution in [2.24, 2.45) is 0 Å². The second-order valence-electron chi connectivity index (χ2n) is 12.5. The monoisotopic (exact) mass is 592 g/mol. The molecule has 44 heavy (non-hydrogen) atoms. The first-order valence-electron chi connectivity index (χ1n) is 14.9. The second-order valence-corrected chi connectivity index (χ2v) is 13.6. The highest BCUT2D eigenvalue weighted by molar-refractivity contribution is 7.26. The van der Waals surface area contributed by atoms with Gasteiger partial charge in [0.1, 0.15) is 17.3 Å². The van der Waals surface area contributed by atoms with Crippen molar-refractivity contribution in [3.05, 3.63) is 120 Å². The van der Waals surface area contributed by atoms with Crippen molar-refractivity contribution >= 4 is 53.3 Å². The Hall–Kier alpha value is -4.94.